The fourth-order valence-corrected chi connectivity index (χ4v) is 4.54. The number of carbonyl (C=O) groups is 1. The Hall–Kier alpha value is -2.90. The molecule has 4 rings (SSSR count). The van der Waals surface area contributed by atoms with E-state index in [2.05, 4.69) is 19.9 Å². The second-order valence-corrected chi connectivity index (χ2v) is 7.41. The lowest BCUT2D eigenvalue weighted by atomic mass is 9.95. The zero-order valence-electron chi connectivity index (χ0n) is 14.7. The van der Waals surface area contributed by atoms with Crippen molar-refractivity contribution in [3.63, 3.8) is 0 Å². The van der Waals surface area contributed by atoms with Gasteiger partial charge in [-0.2, -0.15) is 0 Å². The lowest BCUT2D eigenvalue weighted by Gasteiger charge is -2.23. The summed E-state index contributed by atoms with van der Waals surface area (Å²) >= 11 is 0. The molecule has 26 heavy (non-hydrogen) atoms. The minimum absolute atomic E-state index is 0.0637. The van der Waals surface area contributed by atoms with Crippen molar-refractivity contribution in [3.8, 4) is 0 Å². The number of amidine groups is 1. The Balaban J connectivity index is 1.74. The van der Waals surface area contributed by atoms with Gasteiger partial charge in [0.05, 0.1) is 10.9 Å². The molecular formula is C18H23N7O. The number of hydrogen-bond acceptors (Lipinski definition) is 6. The van der Waals surface area contributed by atoms with Crippen LogP contribution in [0.4, 0.5) is 5.82 Å². The molecule has 2 heterocycles. The van der Waals surface area contributed by atoms with Crippen molar-refractivity contribution in [3.05, 3.63) is 29.9 Å². The molecular weight excluding hydrogens is 330 g/mol. The predicted octanol–water partition coefficient (Wildman–Crippen LogP) is 1.94. The molecule has 2 aliphatic carbocycles. The number of fused-ring (bicyclic) bond motifs is 3. The number of aromatic nitrogens is 3. The first-order valence-electron chi connectivity index (χ1n) is 8.88. The first-order chi connectivity index (χ1) is 12.4. The fourth-order valence-electron chi connectivity index (χ4n) is 4.54. The number of amides is 1. The molecule has 0 aromatic carbocycles. The SMILES string of the molecule is C/C(N)=C/C(=N)NC(=O)c1cn(C2CC3CCC2C3)c2ncnc(N)c12. The molecule has 0 spiro atoms. The molecule has 8 nitrogen and oxygen atoms in total. The van der Waals surface area contributed by atoms with Crippen LogP contribution in [0.15, 0.2) is 24.3 Å². The quantitative estimate of drug-likeness (QED) is 0.494. The van der Waals surface area contributed by atoms with Gasteiger partial charge in [-0.1, -0.05) is 6.42 Å². The third kappa shape index (κ3) is 2.71. The first kappa shape index (κ1) is 16.6. The van der Waals surface area contributed by atoms with E-state index in [1.807, 2.05) is 6.20 Å². The highest BCUT2D eigenvalue weighted by Gasteiger charge is 2.41. The Morgan fingerprint density at radius 2 is 2.19 bits per heavy atom. The molecule has 2 saturated carbocycles. The molecule has 2 aliphatic rings. The van der Waals surface area contributed by atoms with Crippen LogP contribution in [0.3, 0.4) is 0 Å². The topological polar surface area (TPSA) is 136 Å². The lowest BCUT2D eigenvalue weighted by Crippen LogP contribution is -2.29. The van der Waals surface area contributed by atoms with Gasteiger partial charge < -0.3 is 21.4 Å². The predicted molar refractivity (Wildman–Crippen MR) is 99.6 cm³/mol. The summed E-state index contributed by atoms with van der Waals surface area (Å²) in [6.07, 6.45) is 9.54. The standard InChI is InChI=1S/C18H23N7O/c1-9(19)4-14(20)24-18(26)12-7-25(13-6-10-2-3-11(13)5-10)17-15(12)16(21)22-8-23-17/h4,7-8,10-11,13H,2-3,5-6,19H2,1H3,(H2,20,24,26)(H2,21,22,23)/b9-4-. The maximum Gasteiger partial charge on any atom is 0.259 e. The van der Waals surface area contributed by atoms with Crippen LogP contribution in [-0.4, -0.2) is 26.3 Å². The summed E-state index contributed by atoms with van der Waals surface area (Å²) in [7, 11) is 0. The molecule has 1 amide bonds. The number of anilines is 1. The van der Waals surface area contributed by atoms with E-state index in [-0.39, 0.29) is 11.7 Å². The van der Waals surface area contributed by atoms with Crippen LogP contribution in [-0.2, 0) is 0 Å². The number of nitrogens with one attached hydrogen (secondary N) is 2. The normalized spacial score (nSPS) is 25.0. The molecule has 0 aliphatic heterocycles. The van der Waals surface area contributed by atoms with Crippen LogP contribution in [0.25, 0.3) is 11.0 Å². The summed E-state index contributed by atoms with van der Waals surface area (Å²) in [6.45, 7) is 1.66. The Bertz CT molecular complexity index is 925. The van der Waals surface area contributed by atoms with Crippen LogP contribution < -0.4 is 16.8 Å². The summed E-state index contributed by atoms with van der Waals surface area (Å²) in [5.41, 5.74) is 13.2. The number of nitrogens with zero attached hydrogens (tertiary/aromatic N) is 3. The maximum absolute atomic E-state index is 12.7. The fraction of sp³-hybridized carbons (Fsp3) is 0.444. The van der Waals surface area contributed by atoms with E-state index in [9.17, 15) is 4.79 Å². The van der Waals surface area contributed by atoms with Crippen molar-refractivity contribution >= 4 is 28.6 Å². The van der Waals surface area contributed by atoms with E-state index in [4.69, 9.17) is 16.9 Å². The minimum atomic E-state index is -0.402. The van der Waals surface area contributed by atoms with Crippen LogP contribution in [0.1, 0.15) is 49.0 Å². The molecule has 0 saturated heterocycles. The van der Waals surface area contributed by atoms with Crippen LogP contribution in [0.2, 0.25) is 0 Å². The van der Waals surface area contributed by atoms with Crippen molar-refractivity contribution in [2.45, 2.75) is 38.6 Å². The van der Waals surface area contributed by atoms with Gasteiger partial charge in [-0.05, 0) is 44.1 Å². The lowest BCUT2D eigenvalue weighted by molar-refractivity contribution is 0.0978. The van der Waals surface area contributed by atoms with E-state index in [0.29, 0.717) is 34.3 Å². The van der Waals surface area contributed by atoms with Crippen LogP contribution in [0.5, 0.6) is 0 Å². The van der Waals surface area contributed by atoms with Crippen molar-refractivity contribution < 1.29 is 4.79 Å². The summed E-state index contributed by atoms with van der Waals surface area (Å²) < 4.78 is 2.10. The Morgan fingerprint density at radius 1 is 1.38 bits per heavy atom. The minimum Gasteiger partial charge on any atom is -0.402 e. The van der Waals surface area contributed by atoms with Crippen molar-refractivity contribution in [1.29, 1.82) is 5.41 Å². The Labute approximate surface area is 151 Å². The molecule has 2 fully saturated rings. The number of rotatable bonds is 3. The van der Waals surface area contributed by atoms with Gasteiger partial charge in [0.15, 0.2) is 0 Å². The molecule has 3 unspecified atom stereocenters. The van der Waals surface area contributed by atoms with E-state index in [1.165, 1.54) is 31.7 Å². The van der Waals surface area contributed by atoms with Gasteiger partial charge in [0.25, 0.3) is 5.91 Å². The summed E-state index contributed by atoms with van der Waals surface area (Å²) in [4.78, 5) is 21.2. The van der Waals surface area contributed by atoms with Crippen LogP contribution >= 0.6 is 0 Å². The third-order valence-electron chi connectivity index (χ3n) is 5.56. The summed E-state index contributed by atoms with van der Waals surface area (Å²) in [6, 6.07) is 0.345. The van der Waals surface area contributed by atoms with E-state index in [1.54, 1.807) is 6.92 Å². The Kier molecular flexibility index (Phi) is 3.90. The summed E-state index contributed by atoms with van der Waals surface area (Å²) in [5, 5.41) is 10.9. The average molecular weight is 353 g/mol. The van der Waals surface area contributed by atoms with Gasteiger partial charge in [0.2, 0.25) is 0 Å². The number of hydrogen-bond donors (Lipinski definition) is 4. The van der Waals surface area contributed by atoms with Crippen molar-refractivity contribution in [2.24, 2.45) is 17.6 Å². The molecule has 2 bridgehead atoms. The average Bonchev–Trinajstić information content (AvgIpc) is 3.27. The molecule has 2 aromatic heterocycles. The van der Waals surface area contributed by atoms with E-state index in [0.717, 1.165) is 12.3 Å². The van der Waals surface area contributed by atoms with Gasteiger partial charge in [0.1, 0.15) is 23.6 Å². The number of allylic oxidation sites excluding steroid dienone is 1. The van der Waals surface area contributed by atoms with Gasteiger partial charge >= 0.3 is 0 Å². The molecule has 2 aromatic rings. The van der Waals surface area contributed by atoms with Gasteiger partial charge in [0, 0.05) is 17.9 Å². The number of nitrogens with two attached hydrogens (primary N) is 2. The number of nitrogen functional groups attached to an aromatic ring is 1. The van der Waals surface area contributed by atoms with E-state index >= 15 is 0 Å². The van der Waals surface area contributed by atoms with Gasteiger partial charge in [-0.15, -0.1) is 0 Å². The largest absolute Gasteiger partial charge is 0.402 e. The molecule has 6 N–H and O–H groups in total. The highest BCUT2D eigenvalue weighted by Crippen LogP contribution is 2.51. The Morgan fingerprint density at radius 3 is 2.85 bits per heavy atom. The first-order valence-corrected chi connectivity index (χ1v) is 8.88. The van der Waals surface area contributed by atoms with Gasteiger partial charge in [-0.3, -0.25) is 10.2 Å². The maximum atomic E-state index is 12.7. The zero-order valence-corrected chi connectivity index (χ0v) is 14.7. The van der Waals surface area contributed by atoms with Crippen LogP contribution in [0, 0.1) is 17.2 Å². The number of carbonyl (C=O) groups excluding carboxylic acids is 1. The smallest absolute Gasteiger partial charge is 0.259 e. The highest BCUT2D eigenvalue weighted by molar-refractivity contribution is 6.16. The van der Waals surface area contributed by atoms with Crippen molar-refractivity contribution in [1.82, 2.24) is 19.9 Å². The second kappa shape index (κ2) is 6.12. The molecule has 3 atom stereocenters. The summed E-state index contributed by atoms with van der Waals surface area (Å²) in [5.74, 6) is 1.21. The zero-order chi connectivity index (χ0) is 18.4. The molecule has 136 valence electrons. The molecule has 0 radical (unpaired) electrons. The molecule has 8 heteroatoms. The van der Waals surface area contributed by atoms with E-state index < -0.39 is 5.91 Å². The highest BCUT2D eigenvalue weighted by atomic mass is 16.1. The monoisotopic (exact) mass is 353 g/mol. The van der Waals surface area contributed by atoms with Crippen molar-refractivity contribution in [2.75, 3.05) is 5.73 Å². The third-order valence-corrected chi connectivity index (χ3v) is 5.56. The second-order valence-electron chi connectivity index (χ2n) is 7.41. The van der Waals surface area contributed by atoms with Gasteiger partial charge in [-0.25, -0.2) is 9.97 Å².